The van der Waals surface area contributed by atoms with Crippen molar-refractivity contribution < 1.29 is 9.52 Å². The van der Waals surface area contributed by atoms with Crippen LogP contribution in [0.4, 0.5) is 0 Å². The Kier molecular flexibility index (Phi) is 2.98. The van der Waals surface area contributed by atoms with E-state index in [9.17, 15) is 5.11 Å². The predicted octanol–water partition coefficient (Wildman–Crippen LogP) is 4.32. The zero-order valence-corrected chi connectivity index (χ0v) is 12.0. The quantitative estimate of drug-likeness (QED) is 0.612. The van der Waals surface area contributed by atoms with E-state index in [4.69, 9.17) is 4.42 Å². The summed E-state index contributed by atoms with van der Waals surface area (Å²) in [6.07, 6.45) is 1.54. The average molecular weight is 295 g/mol. The molecule has 0 radical (unpaired) electrons. The minimum Gasteiger partial charge on any atom is -0.464 e. The van der Waals surface area contributed by atoms with Crippen LogP contribution in [0.5, 0.6) is 0 Å². The van der Waals surface area contributed by atoms with Crippen LogP contribution in [0, 0.1) is 0 Å². The molecule has 0 bridgehead atoms. The highest BCUT2D eigenvalue weighted by Crippen LogP contribution is 2.30. The third-order valence-corrected chi connectivity index (χ3v) is 4.63. The van der Waals surface area contributed by atoms with Crippen LogP contribution in [0.15, 0.2) is 59.2 Å². The molecule has 4 aromatic rings. The van der Waals surface area contributed by atoms with Gasteiger partial charge in [0, 0.05) is 17.4 Å². The van der Waals surface area contributed by atoms with Crippen LogP contribution in [-0.4, -0.2) is 10.1 Å². The van der Waals surface area contributed by atoms with E-state index in [1.807, 2.05) is 42.5 Å². The Morgan fingerprint density at radius 1 is 1.10 bits per heavy atom. The van der Waals surface area contributed by atoms with Gasteiger partial charge in [0.1, 0.15) is 5.58 Å². The number of aliphatic hydroxyl groups excluding tert-OH is 1. The van der Waals surface area contributed by atoms with Crippen molar-refractivity contribution in [3.63, 3.8) is 0 Å². The number of aliphatic hydroxyl groups is 1. The molecule has 3 nitrogen and oxygen atoms in total. The molecular formula is C17H13NO2S. The first kappa shape index (κ1) is 12.6. The zero-order valence-electron chi connectivity index (χ0n) is 11.2. The second-order valence-corrected chi connectivity index (χ2v) is 6.10. The van der Waals surface area contributed by atoms with E-state index in [2.05, 4.69) is 11.1 Å². The number of benzene rings is 2. The van der Waals surface area contributed by atoms with Crippen LogP contribution in [0.1, 0.15) is 16.7 Å². The molecule has 0 fully saturated rings. The summed E-state index contributed by atoms with van der Waals surface area (Å²) in [5.74, 6) is 0. The molecule has 0 saturated heterocycles. The first-order valence-electron chi connectivity index (χ1n) is 6.80. The fraction of sp³-hybridized carbons (Fsp3) is 0.118. The molecule has 2 aromatic carbocycles. The maximum absolute atomic E-state index is 10.5. The standard InChI is InChI=1S/C17H13NO2S/c19-14(12-10-20-15-7-3-1-5-11(12)15)9-17-18-13-6-2-4-8-16(13)21-17/h1-8,10,14,19H,9H2. The number of para-hydroxylation sites is 2. The van der Waals surface area contributed by atoms with Crippen molar-refractivity contribution >= 4 is 32.5 Å². The highest BCUT2D eigenvalue weighted by molar-refractivity contribution is 7.18. The Labute approximate surface area is 125 Å². The molecule has 1 N–H and O–H groups in total. The lowest BCUT2D eigenvalue weighted by Crippen LogP contribution is -2.00. The van der Waals surface area contributed by atoms with Gasteiger partial charge in [-0.1, -0.05) is 30.3 Å². The average Bonchev–Trinajstić information content (AvgIpc) is 3.10. The van der Waals surface area contributed by atoms with E-state index in [0.717, 1.165) is 31.8 Å². The molecule has 0 saturated carbocycles. The highest BCUT2D eigenvalue weighted by atomic mass is 32.1. The molecule has 2 aromatic heterocycles. The summed E-state index contributed by atoms with van der Waals surface area (Å²) in [5, 5.41) is 12.4. The summed E-state index contributed by atoms with van der Waals surface area (Å²) < 4.78 is 6.64. The molecule has 104 valence electrons. The Hall–Kier alpha value is -2.17. The van der Waals surface area contributed by atoms with E-state index >= 15 is 0 Å². The van der Waals surface area contributed by atoms with Crippen molar-refractivity contribution in [2.45, 2.75) is 12.5 Å². The fourth-order valence-corrected chi connectivity index (χ4v) is 3.54. The smallest absolute Gasteiger partial charge is 0.134 e. The molecule has 4 heteroatoms. The number of fused-ring (bicyclic) bond motifs is 2. The lowest BCUT2D eigenvalue weighted by Gasteiger charge is -2.06. The van der Waals surface area contributed by atoms with Crippen LogP contribution in [0.3, 0.4) is 0 Å². The molecule has 21 heavy (non-hydrogen) atoms. The molecule has 1 atom stereocenters. The molecule has 4 rings (SSSR count). The van der Waals surface area contributed by atoms with Crippen molar-refractivity contribution in [2.24, 2.45) is 0 Å². The first-order valence-corrected chi connectivity index (χ1v) is 7.61. The van der Waals surface area contributed by atoms with Crippen LogP contribution < -0.4 is 0 Å². The number of rotatable bonds is 3. The van der Waals surface area contributed by atoms with Gasteiger partial charge in [0.2, 0.25) is 0 Å². The van der Waals surface area contributed by atoms with Gasteiger partial charge in [0.25, 0.3) is 0 Å². The van der Waals surface area contributed by atoms with E-state index in [-0.39, 0.29) is 0 Å². The fourth-order valence-electron chi connectivity index (χ4n) is 2.54. The molecular weight excluding hydrogens is 282 g/mol. The lowest BCUT2D eigenvalue weighted by molar-refractivity contribution is 0.179. The number of nitrogens with zero attached hydrogens (tertiary/aromatic N) is 1. The lowest BCUT2D eigenvalue weighted by atomic mass is 10.1. The maximum Gasteiger partial charge on any atom is 0.134 e. The largest absolute Gasteiger partial charge is 0.464 e. The first-order chi connectivity index (χ1) is 10.3. The molecule has 0 aliphatic heterocycles. The van der Waals surface area contributed by atoms with Gasteiger partial charge >= 0.3 is 0 Å². The number of hydrogen-bond acceptors (Lipinski definition) is 4. The third-order valence-electron chi connectivity index (χ3n) is 3.58. The van der Waals surface area contributed by atoms with Gasteiger partial charge in [-0.25, -0.2) is 4.98 Å². The van der Waals surface area contributed by atoms with Gasteiger partial charge in [-0.15, -0.1) is 11.3 Å². The zero-order chi connectivity index (χ0) is 14.2. The van der Waals surface area contributed by atoms with Crippen LogP contribution in [0.2, 0.25) is 0 Å². The van der Waals surface area contributed by atoms with Gasteiger partial charge in [-0.3, -0.25) is 0 Å². The van der Waals surface area contributed by atoms with Crippen molar-refractivity contribution in [1.82, 2.24) is 4.98 Å². The monoisotopic (exact) mass is 295 g/mol. The minimum absolute atomic E-state index is 0.503. The minimum atomic E-state index is -0.603. The maximum atomic E-state index is 10.5. The Bertz CT molecular complexity index is 876. The second-order valence-electron chi connectivity index (χ2n) is 4.98. The van der Waals surface area contributed by atoms with Crippen molar-refractivity contribution in [1.29, 1.82) is 0 Å². The Morgan fingerprint density at radius 3 is 2.81 bits per heavy atom. The number of furan rings is 1. The van der Waals surface area contributed by atoms with E-state index in [1.54, 1.807) is 17.6 Å². The molecule has 2 heterocycles. The van der Waals surface area contributed by atoms with E-state index in [0.29, 0.717) is 6.42 Å². The van der Waals surface area contributed by atoms with Crippen molar-refractivity contribution in [3.05, 3.63) is 65.4 Å². The van der Waals surface area contributed by atoms with Crippen LogP contribution >= 0.6 is 11.3 Å². The summed E-state index contributed by atoms with van der Waals surface area (Å²) in [5.41, 5.74) is 2.61. The molecule has 0 amide bonds. The van der Waals surface area contributed by atoms with Crippen molar-refractivity contribution in [2.75, 3.05) is 0 Å². The summed E-state index contributed by atoms with van der Waals surface area (Å²) >= 11 is 1.63. The summed E-state index contributed by atoms with van der Waals surface area (Å²) in [4.78, 5) is 4.57. The predicted molar refractivity (Wildman–Crippen MR) is 84.5 cm³/mol. The van der Waals surface area contributed by atoms with Gasteiger partial charge in [-0.2, -0.15) is 0 Å². The SMILES string of the molecule is OC(Cc1nc2ccccc2s1)c1coc2ccccc12. The summed E-state index contributed by atoms with van der Waals surface area (Å²) in [6, 6.07) is 15.8. The third kappa shape index (κ3) is 2.22. The van der Waals surface area contributed by atoms with Gasteiger partial charge in [0.05, 0.1) is 27.6 Å². The number of aromatic nitrogens is 1. The van der Waals surface area contributed by atoms with Gasteiger partial charge in [0.15, 0.2) is 0 Å². The molecule has 1 unspecified atom stereocenters. The summed E-state index contributed by atoms with van der Waals surface area (Å²) in [7, 11) is 0. The Balaban J connectivity index is 1.67. The number of thiazole rings is 1. The van der Waals surface area contributed by atoms with Gasteiger partial charge < -0.3 is 9.52 Å². The molecule has 0 spiro atoms. The van der Waals surface area contributed by atoms with Gasteiger partial charge in [-0.05, 0) is 18.2 Å². The van der Waals surface area contributed by atoms with Crippen LogP contribution in [-0.2, 0) is 6.42 Å². The van der Waals surface area contributed by atoms with E-state index in [1.165, 1.54) is 0 Å². The van der Waals surface area contributed by atoms with Crippen molar-refractivity contribution in [3.8, 4) is 0 Å². The number of hydrogen-bond donors (Lipinski definition) is 1. The highest BCUT2D eigenvalue weighted by Gasteiger charge is 2.16. The topological polar surface area (TPSA) is 46.3 Å². The van der Waals surface area contributed by atoms with E-state index < -0.39 is 6.10 Å². The van der Waals surface area contributed by atoms with Crippen LogP contribution in [0.25, 0.3) is 21.2 Å². The molecule has 0 aliphatic rings. The molecule has 0 aliphatic carbocycles. The Morgan fingerprint density at radius 2 is 1.90 bits per heavy atom. The second kappa shape index (κ2) is 4.98. The summed E-state index contributed by atoms with van der Waals surface area (Å²) in [6.45, 7) is 0. The normalized spacial score (nSPS) is 13.0.